The zero-order chi connectivity index (χ0) is 23.2. The molecule has 1 N–H and O–H groups in total. The highest BCUT2D eigenvalue weighted by Crippen LogP contribution is 2.19. The number of benzene rings is 2. The summed E-state index contributed by atoms with van der Waals surface area (Å²) in [7, 11) is 0. The number of Topliss-reactive ketones (excluding diaryl/α,β-unsaturated/α-hetero) is 1. The van der Waals surface area contributed by atoms with Gasteiger partial charge in [-0.25, -0.2) is 4.68 Å². The van der Waals surface area contributed by atoms with Gasteiger partial charge >= 0.3 is 0 Å². The van der Waals surface area contributed by atoms with Crippen LogP contribution in [0.2, 0.25) is 5.02 Å². The molecule has 0 unspecified atom stereocenters. The lowest BCUT2D eigenvalue weighted by atomic mass is 10.1. The number of furan rings is 1. The summed E-state index contributed by atoms with van der Waals surface area (Å²) in [4.78, 5) is 23.8. The summed E-state index contributed by atoms with van der Waals surface area (Å²) in [6.45, 7) is 1.81. The van der Waals surface area contributed by atoms with Gasteiger partial charge in [-0.2, -0.15) is 5.10 Å². The Hall–Kier alpha value is -4.04. The Balaban J connectivity index is 1.28. The topological polar surface area (TPSA) is 95.6 Å². The van der Waals surface area contributed by atoms with Gasteiger partial charge in [-0.1, -0.05) is 17.7 Å². The molecule has 9 heteroatoms. The van der Waals surface area contributed by atoms with E-state index in [1.54, 1.807) is 66.9 Å². The van der Waals surface area contributed by atoms with Gasteiger partial charge in [0.05, 0.1) is 18.1 Å². The van der Waals surface area contributed by atoms with E-state index in [9.17, 15) is 9.59 Å². The zero-order valence-corrected chi connectivity index (χ0v) is 18.4. The van der Waals surface area contributed by atoms with Crippen LogP contribution in [0.1, 0.15) is 33.6 Å². The van der Waals surface area contributed by atoms with Crippen molar-refractivity contribution in [3.63, 3.8) is 0 Å². The molecule has 2 aromatic carbocycles. The van der Waals surface area contributed by atoms with Gasteiger partial charge in [0.1, 0.15) is 23.9 Å². The lowest BCUT2D eigenvalue weighted by Gasteiger charge is -2.06. The number of carbonyl (C=O) groups excluding carboxylic acids is 2. The lowest BCUT2D eigenvalue weighted by Crippen LogP contribution is -2.10. The van der Waals surface area contributed by atoms with Crippen molar-refractivity contribution < 1.29 is 23.5 Å². The highest BCUT2D eigenvalue weighted by atomic mass is 35.5. The van der Waals surface area contributed by atoms with Crippen molar-refractivity contribution in [2.45, 2.75) is 20.3 Å². The van der Waals surface area contributed by atoms with E-state index in [4.69, 9.17) is 25.5 Å². The molecule has 0 radical (unpaired) electrons. The minimum Gasteiger partial charge on any atom is -0.486 e. The van der Waals surface area contributed by atoms with Gasteiger partial charge in [0.2, 0.25) is 0 Å². The van der Waals surface area contributed by atoms with E-state index in [0.29, 0.717) is 33.5 Å². The molecular formula is C24H20ClN3O5. The van der Waals surface area contributed by atoms with Crippen molar-refractivity contribution in [1.82, 2.24) is 9.78 Å². The van der Waals surface area contributed by atoms with E-state index in [1.165, 1.54) is 17.8 Å². The maximum atomic E-state index is 12.5. The summed E-state index contributed by atoms with van der Waals surface area (Å²) in [5.74, 6) is 1.41. The van der Waals surface area contributed by atoms with E-state index in [-0.39, 0.29) is 24.9 Å². The highest BCUT2D eigenvalue weighted by molar-refractivity contribution is 6.30. The second-order valence-corrected chi connectivity index (χ2v) is 7.53. The van der Waals surface area contributed by atoms with Crippen LogP contribution < -0.4 is 14.8 Å². The van der Waals surface area contributed by atoms with Crippen molar-refractivity contribution in [1.29, 1.82) is 0 Å². The Labute approximate surface area is 194 Å². The van der Waals surface area contributed by atoms with Crippen LogP contribution in [0, 0.1) is 0 Å². The molecule has 2 heterocycles. The first-order valence-corrected chi connectivity index (χ1v) is 10.4. The molecule has 0 aliphatic rings. The molecule has 0 spiro atoms. The fraction of sp³-hybridized carbons (Fsp3) is 0.125. The Morgan fingerprint density at radius 1 is 1.06 bits per heavy atom. The maximum absolute atomic E-state index is 12.5. The molecule has 0 fully saturated rings. The number of carbonyl (C=O) groups is 2. The Kier molecular flexibility index (Phi) is 6.75. The van der Waals surface area contributed by atoms with Crippen LogP contribution >= 0.6 is 11.6 Å². The second-order valence-electron chi connectivity index (χ2n) is 7.09. The predicted molar refractivity (Wildman–Crippen MR) is 122 cm³/mol. The number of anilines is 1. The third kappa shape index (κ3) is 6.02. The first-order valence-electron chi connectivity index (χ1n) is 10.0. The number of ether oxygens (including phenoxy) is 2. The zero-order valence-electron chi connectivity index (χ0n) is 17.7. The van der Waals surface area contributed by atoms with E-state index >= 15 is 0 Å². The predicted octanol–water partition coefficient (Wildman–Crippen LogP) is 5.20. The summed E-state index contributed by atoms with van der Waals surface area (Å²) in [6, 6.07) is 17.1. The molecule has 0 aliphatic carbocycles. The van der Waals surface area contributed by atoms with Gasteiger partial charge in [0, 0.05) is 10.6 Å². The number of hydrogen-bond acceptors (Lipinski definition) is 6. The SMILES string of the molecule is CC(=O)c1ccc(OCc2ccc(C(=O)Nc3cnn(COc4cccc(Cl)c4)c3)o2)cc1. The minimum atomic E-state index is -0.414. The summed E-state index contributed by atoms with van der Waals surface area (Å²) in [5.41, 5.74) is 1.10. The molecule has 1 amide bonds. The number of ketones is 1. The van der Waals surface area contributed by atoms with E-state index in [2.05, 4.69) is 10.4 Å². The van der Waals surface area contributed by atoms with Gasteiger partial charge < -0.3 is 19.2 Å². The van der Waals surface area contributed by atoms with Crippen molar-refractivity contribution >= 4 is 29.0 Å². The summed E-state index contributed by atoms with van der Waals surface area (Å²) >= 11 is 5.94. The molecule has 33 heavy (non-hydrogen) atoms. The summed E-state index contributed by atoms with van der Waals surface area (Å²) < 4.78 is 18.4. The second kappa shape index (κ2) is 10.1. The number of aromatic nitrogens is 2. The number of halogens is 1. The third-order valence-corrected chi connectivity index (χ3v) is 4.81. The molecule has 0 atom stereocenters. The average molecular weight is 466 g/mol. The Morgan fingerprint density at radius 2 is 1.88 bits per heavy atom. The molecule has 8 nitrogen and oxygen atoms in total. The molecular weight excluding hydrogens is 446 g/mol. The van der Waals surface area contributed by atoms with Gasteiger partial charge in [-0.15, -0.1) is 0 Å². The number of nitrogens with zero attached hydrogens (tertiary/aromatic N) is 2. The smallest absolute Gasteiger partial charge is 0.291 e. The van der Waals surface area contributed by atoms with Gasteiger partial charge in [0.25, 0.3) is 5.91 Å². The van der Waals surface area contributed by atoms with Gasteiger partial charge in [0.15, 0.2) is 18.3 Å². The molecule has 4 aromatic rings. The summed E-state index contributed by atoms with van der Waals surface area (Å²) in [5, 5.41) is 7.46. The Bertz CT molecular complexity index is 1260. The van der Waals surface area contributed by atoms with Crippen LogP contribution in [0.15, 0.2) is 77.5 Å². The minimum absolute atomic E-state index is 0.0117. The van der Waals surface area contributed by atoms with Crippen molar-refractivity contribution in [2.24, 2.45) is 0 Å². The molecule has 4 rings (SSSR count). The normalized spacial score (nSPS) is 10.6. The highest BCUT2D eigenvalue weighted by Gasteiger charge is 2.13. The Morgan fingerprint density at radius 3 is 2.64 bits per heavy atom. The summed E-state index contributed by atoms with van der Waals surface area (Å²) in [6.07, 6.45) is 3.15. The number of hydrogen-bond donors (Lipinski definition) is 1. The van der Waals surface area contributed by atoms with E-state index in [0.717, 1.165) is 0 Å². The van der Waals surface area contributed by atoms with E-state index in [1.807, 2.05) is 0 Å². The number of amides is 1. The maximum Gasteiger partial charge on any atom is 0.291 e. The first-order chi connectivity index (χ1) is 16.0. The monoisotopic (exact) mass is 465 g/mol. The standard InChI is InChI=1S/C24H20ClN3O5/c1-16(29)17-5-7-20(8-6-17)31-14-22-9-10-23(33-22)24(30)27-19-12-26-28(13-19)15-32-21-4-2-3-18(25)11-21/h2-13H,14-15H2,1H3,(H,27,30). The van der Waals surface area contributed by atoms with Crippen molar-refractivity contribution in [3.8, 4) is 11.5 Å². The molecule has 168 valence electrons. The van der Waals surface area contributed by atoms with Crippen LogP contribution in [0.5, 0.6) is 11.5 Å². The quantitative estimate of drug-likeness (QED) is 0.341. The van der Waals surface area contributed by atoms with Crippen molar-refractivity contribution in [3.05, 3.63) is 95.2 Å². The number of rotatable bonds is 9. The van der Waals surface area contributed by atoms with Crippen molar-refractivity contribution in [2.75, 3.05) is 5.32 Å². The first kappa shape index (κ1) is 22.2. The molecule has 0 bridgehead atoms. The molecule has 0 saturated heterocycles. The molecule has 2 aromatic heterocycles. The van der Waals surface area contributed by atoms with Crippen LogP contribution in [-0.4, -0.2) is 21.5 Å². The van der Waals surface area contributed by atoms with Gasteiger partial charge in [-0.3, -0.25) is 9.59 Å². The fourth-order valence-corrected chi connectivity index (χ4v) is 3.09. The van der Waals surface area contributed by atoms with Crippen LogP contribution in [0.25, 0.3) is 0 Å². The lowest BCUT2D eigenvalue weighted by molar-refractivity contribution is 0.0990. The van der Waals surface area contributed by atoms with E-state index < -0.39 is 5.91 Å². The third-order valence-electron chi connectivity index (χ3n) is 4.58. The number of nitrogens with one attached hydrogen (secondary N) is 1. The molecule has 0 aliphatic heterocycles. The molecule has 0 saturated carbocycles. The van der Waals surface area contributed by atoms with Crippen LogP contribution in [0.3, 0.4) is 0 Å². The van der Waals surface area contributed by atoms with Gasteiger partial charge in [-0.05, 0) is 61.5 Å². The fourth-order valence-electron chi connectivity index (χ4n) is 2.91. The van der Waals surface area contributed by atoms with Crippen LogP contribution in [0.4, 0.5) is 5.69 Å². The largest absolute Gasteiger partial charge is 0.486 e. The average Bonchev–Trinajstić information content (AvgIpc) is 3.46. The van der Waals surface area contributed by atoms with Crippen LogP contribution in [-0.2, 0) is 13.3 Å².